The lowest BCUT2D eigenvalue weighted by Crippen LogP contribution is -2.42. The maximum Gasteiger partial charge on any atom is 0.223 e. The third kappa shape index (κ3) is 4.27. The largest absolute Gasteiger partial charge is 0.355 e. The summed E-state index contributed by atoms with van der Waals surface area (Å²) in [5.74, 6) is -0.0726. The average Bonchev–Trinajstić information content (AvgIpc) is 2.66. The summed E-state index contributed by atoms with van der Waals surface area (Å²) in [5, 5.41) is 3.08. The summed E-state index contributed by atoms with van der Waals surface area (Å²) in [6.07, 6.45) is 1.04. The molecule has 2 amide bonds. The van der Waals surface area contributed by atoms with Gasteiger partial charge in [-0.2, -0.15) is 0 Å². The van der Waals surface area contributed by atoms with Gasteiger partial charge in [-0.05, 0) is 17.5 Å². The van der Waals surface area contributed by atoms with E-state index < -0.39 is 0 Å². The lowest BCUT2D eigenvalue weighted by atomic mass is 9.90. The van der Waals surface area contributed by atoms with E-state index in [1.807, 2.05) is 36.4 Å². The van der Waals surface area contributed by atoms with Gasteiger partial charge in [0.2, 0.25) is 11.8 Å². The summed E-state index contributed by atoms with van der Waals surface area (Å²) < 4.78 is 0. The zero-order valence-corrected chi connectivity index (χ0v) is 14.5. The van der Waals surface area contributed by atoms with Crippen molar-refractivity contribution in [1.82, 2.24) is 10.2 Å². The van der Waals surface area contributed by atoms with E-state index in [0.717, 1.165) is 6.42 Å². The van der Waals surface area contributed by atoms with Crippen LogP contribution in [0.2, 0.25) is 0 Å². The molecule has 25 heavy (non-hydrogen) atoms. The lowest BCUT2D eigenvalue weighted by molar-refractivity contribution is -0.139. The normalized spacial score (nSPS) is 17.6. The summed E-state index contributed by atoms with van der Waals surface area (Å²) in [6.45, 7) is 1.19. The number of likely N-dealkylation sites (tertiary alicyclic amines) is 1. The van der Waals surface area contributed by atoms with E-state index in [4.69, 9.17) is 0 Å². The Morgan fingerprint density at radius 2 is 1.64 bits per heavy atom. The average molecular weight is 336 g/mol. The minimum Gasteiger partial charge on any atom is -0.355 e. The van der Waals surface area contributed by atoms with Gasteiger partial charge in [0.05, 0.1) is 0 Å². The van der Waals surface area contributed by atoms with Crippen molar-refractivity contribution in [2.24, 2.45) is 5.92 Å². The zero-order valence-electron chi connectivity index (χ0n) is 14.5. The number of piperidine rings is 1. The number of nitrogens with one attached hydrogen (secondary N) is 1. The van der Waals surface area contributed by atoms with Crippen molar-refractivity contribution in [3.63, 3.8) is 0 Å². The molecule has 1 aliphatic heterocycles. The van der Waals surface area contributed by atoms with Gasteiger partial charge in [0.1, 0.15) is 0 Å². The van der Waals surface area contributed by atoms with Crippen molar-refractivity contribution in [3.8, 4) is 0 Å². The van der Waals surface area contributed by atoms with Gasteiger partial charge in [-0.25, -0.2) is 0 Å². The van der Waals surface area contributed by atoms with Gasteiger partial charge in [-0.1, -0.05) is 60.7 Å². The fourth-order valence-corrected chi connectivity index (χ4v) is 3.31. The zero-order chi connectivity index (χ0) is 17.6. The third-order valence-electron chi connectivity index (χ3n) is 4.91. The first kappa shape index (κ1) is 17.2. The van der Waals surface area contributed by atoms with E-state index in [1.165, 1.54) is 11.1 Å². The molecule has 0 saturated carbocycles. The molecule has 1 atom stereocenters. The van der Waals surface area contributed by atoms with E-state index in [2.05, 4.69) is 29.6 Å². The highest BCUT2D eigenvalue weighted by molar-refractivity contribution is 5.86. The third-order valence-corrected chi connectivity index (χ3v) is 4.91. The molecular weight excluding hydrogens is 312 g/mol. The van der Waals surface area contributed by atoms with Gasteiger partial charge in [0.15, 0.2) is 0 Å². The Labute approximate surface area is 148 Å². The molecule has 0 radical (unpaired) electrons. The molecule has 130 valence electrons. The van der Waals surface area contributed by atoms with Crippen LogP contribution in [0.4, 0.5) is 0 Å². The first-order valence-corrected chi connectivity index (χ1v) is 8.76. The Morgan fingerprint density at radius 1 is 1.08 bits per heavy atom. The van der Waals surface area contributed by atoms with E-state index in [1.54, 1.807) is 11.9 Å². The number of amides is 2. The smallest absolute Gasteiger partial charge is 0.223 e. The molecule has 2 aromatic rings. The summed E-state index contributed by atoms with van der Waals surface area (Å²) >= 11 is 0. The Morgan fingerprint density at radius 3 is 2.16 bits per heavy atom. The molecule has 1 unspecified atom stereocenters. The lowest BCUT2D eigenvalue weighted by Gasteiger charge is -2.28. The molecule has 0 bridgehead atoms. The summed E-state index contributed by atoms with van der Waals surface area (Å²) in [7, 11) is 1.79. The number of carbonyl (C=O) groups excluding carboxylic acids is 2. The topological polar surface area (TPSA) is 49.4 Å². The first-order valence-electron chi connectivity index (χ1n) is 8.76. The van der Waals surface area contributed by atoms with Crippen molar-refractivity contribution in [1.29, 1.82) is 0 Å². The van der Waals surface area contributed by atoms with Crippen molar-refractivity contribution < 1.29 is 9.59 Å². The highest BCUT2D eigenvalue weighted by Crippen LogP contribution is 2.24. The number of carbonyl (C=O) groups is 2. The van der Waals surface area contributed by atoms with E-state index >= 15 is 0 Å². The van der Waals surface area contributed by atoms with Gasteiger partial charge < -0.3 is 10.2 Å². The van der Waals surface area contributed by atoms with Gasteiger partial charge in [-0.15, -0.1) is 0 Å². The van der Waals surface area contributed by atoms with Crippen molar-refractivity contribution >= 4 is 11.8 Å². The summed E-state index contributed by atoms with van der Waals surface area (Å²) in [4.78, 5) is 26.1. The second kappa shape index (κ2) is 7.97. The Kier molecular flexibility index (Phi) is 5.49. The quantitative estimate of drug-likeness (QED) is 0.913. The molecular formula is C21H24N2O2. The van der Waals surface area contributed by atoms with Crippen molar-refractivity contribution in [3.05, 3.63) is 71.8 Å². The fraction of sp³-hybridized carbons (Fsp3) is 0.333. The van der Waals surface area contributed by atoms with Crippen LogP contribution >= 0.6 is 0 Å². The summed E-state index contributed by atoms with van der Waals surface area (Å²) in [6, 6.07) is 20.4. The molecule has 4 heteroatoms. The molecule has 1 N–H and O–H groups in total. The maximum atomic E-state index is 12.5. The van der Waals surface area contributed by atoms with Gasteiger partial charge in [-0.3, -0.25) is 9.59 Å². The number of hydrogen-bond donors (Lipinski definition) is 1. The van der Waals surface area contributed by atoms with Crippen LogP contribution in [0.5, 0.6) is 0 Å². The SMILES string of the molecule is CN1CCC(C(=O)NCC(c2ccccc2)c2ccccc2)CC1=O. The minimum atomic E-state index is -0.212. The Balaban J connectivity index is 1.69. The number of nitrogens with zero attached hydrogens (tertiary/aromatic N) is 1. The van der Waals surface area contributed by atoms with Crippen molar-refractivity contribution in [2.75, 3.05) is 20.1 Å². The standard InChI is InChI=1S/C21H24N2O2/c1-23-13-12-18(14-20(23)24)21(25)22-15-19(16-8-4-2-5-9-16)17-10-6-3-7-11-17/h2-11,18-19H,12-15H2,1H3,(H,22,25). The highest BCUT2D eigenvalue weighted by Gasteiger charge is 2.29. The molecule has 1 fully saturated rings. The molecule has 1 saturated heterocycles. The highest BCUT2D eigenvalue weighted by atomic mass is 16.2. The van der Waals surface area contributed by atoms with Crippen LogP contribution in [0.15, 0.2) is 60.7 Å². The van der Waals surface area contributed by atoms with Crippen LogP contribution in [0.1, 0.15) is 29.9 Å². The van der Waals surface area contributed by atoms with Gasteiger partial charge in [0, 0.05) is 38.4 Å². The molecule has 1 aliphatic rings. The minimum absolute atomic E-state index is 0.0155. The number of hydrogen-bond acceptors (Lipinski definition) is 2. The van der Waals surface area contributed by atoms with Crippen LogP contribution < -0.4 is 5.32 Å². The summed E-state index contributed by atoms with van der Waals surface area (Å²) in [5.41, 5.74) is 2.35. The Bertz CT molecular complexity index is 676. The molecule has 2 aromatic carbocycles. The molecule has 4 nitrogen and oxygen atoms in total. The Hall–Kier alpha value is -2.62. The van der Waals surface area contributed by atoms with E-state index in [0.29, 0.717) is 19.5 Å². The molecule has 0 spiro atoms. The van der Waals surface area contributed by atoms with Gasteiger partial charge in [0.25, 0.3) is 0 Å². The van der Waals surface area contributed by atoms with E-state index in [-0.39, 0.29) is 23.7 Å². The molecule has 1 heterocycles. The van der Waals surface area contributed by atoms with Crippen LogP contribution in [0.3, 0.4) is 0 Å². The predicted molar refractivity (Wildman–Crippen MR) is 98.1 cm³/mol. The van der Waals surface area contributed by atoms with Crippen LogP contribution in [-0.2, 0) is 9.59 Å². The fourth-order valence-electron chi connectivity index (χ4n) is 3.31. The van der Waals surface area contributed by atoms with Crippen molar-refractivity contribution in [2.45, 2.75) is 18.8 Å². The molecule has 0 aliphatic carbocycles. The second-order valence-electron chi connectivity index (χ2n) is 6.62. The second-order valence-corrected chi connectivity index (χ2v) is 6.62. The maximum absolute atomic E-state index is 12.5. The van der Waals surface area contributed by atoms with Gasteiger partial charge >= 0.3 is 0 Å². The number of benzene rings is 2. The van der Waals surface area contributed by atoms with Crippen LogP contribution in [-0.4, -0.2) is 36.9 Å². The number of rotatable bonds is 5. The predicted octanol–water partition coefficient (Wildman–Crippen LogP) is 2.80. The monoisotopic (exact) mass is 336 g/mol. The molecule has 0 aromatic heterocycles. The van der Waals surface area contributed by atoms with Crippen LogP contribution in [0.25, 0.3) is 0 Å². The van der Waals surface area contributed by atoms with Crippen LogP contribution in [0, 0.1) is 5.92 Å². The van der Waals surface area contributed by atoms with E-state index in [9.17, 15) is 9.59 Å². The first-order chi connectivity index (χ1) is 12.1. The molecule has 3 rings (SSSR count).